The summed E-state index contributed by atoms with van der Waals surface area (Å²) in [7, 11) is 2.01. The van der Waals surface area contributed by atoms with Gasteiger partial charge in [-0.1, -0.05) is 30.3 Å². The van der Waals surface area contributed by atoms with Crippen molar-refractivity contribution in [3.05, 3.63) is 70.3 Å². The molecular weight excluding hydrogens is 354 g/mol. The van der Waals surface area contributed by atoms with Gasteiger partial charge in [-0.2, -0.15) is 0 Å². The Balaban J connectivity index is 1.70. The Labute approximate surface area is 162 Å². The molecule has 3 aromatic rings. The van der Waals surface area contributed by atoms with Crippen molar-refractivity contribution in [3.63, 3.8) is 0 Å². The quantitative estimate of drug-likeness (QED) is 0.446. The molecule has 2 aliphatic heterocycles. The first-order valence-corrected chi connectivity index (χ1v) is 9.14. The molecule has 6 nitrogen and oxygen atoms in total. The first kappa shape index (κ1) is 16.7. The number of benzene rings is 3. The molecule has 0 aliphatic carbocycles. The van der Waals surface area contributed by atoms with E-state index in [1.807, 2.05) is 31.5 Å². The van der Waals surface area contributed by atoms with Gasteiger partial charge in [0.1, 0.15) is 11.4 Å². The zero-order valence-electron chi connectivity index (χ0n) is 15.8. The molecule has 0 bridgehead atoms. The van der Waals surface area contributed by atoms with E-state index in [1.165, 1.54) is 11.6 Å². The predicted molar refractivity (Wildman–Crippen MR) is 110 cm³/mol. The topological polar surface area (TPSA) is 68.0 Å². The van der Waals surface area contributed by atoms with E-state index in [4.69, 9.17) is 9.73 Å². The largest absolute Gasteiger partial charge is 0.459 e. The average molecular weight is 373 g/mol. The molecule has 1 unspecified atom stereocenters. The van der Waals surface area contributed by atoms with E-state index in [9.17, 15) is 10.1 Å². The average Bonchev–Trinajstić information content (AvgIpc) is 2.86. The first-order valence-electron chi connectivity index (χ1n) is 9.14. The van der Waals surface area contributed by atoms with E-state index in [0.717, 1.165) is 5.69 Å². The van der Waals surface area contributed by atoms with Gasteiger partial charge in [0.25, 0.3) is 5.69 Å². The maximum absolute atomic E-state index is 11.4. The summed E-state index contributed by atoms with van der Waals surface area (Å²) in [4.78, 5) is 17.9. The van der Waals surface area contributed by atoms with Gasteiger partial charge in [0.2, 0.25) is 5.72 Å². The molecule has 0 aromatic heterocycles. The zero-order valence-corrected chi connectivity index (χ0v) is 15.8. The number of likely N-dealkylation sites (N-methyl/N-ethyl adjacent to an activating group) is 1. The monoisotopic (exact) mass is 373 g/mol. The van der Waals surface area contributed by atoms with Crippen molar-refractivity contribution in [1.82, 2.24) is 0 Å². The lowest BCUT2D eigenvalue weighted by atomic mass is 9.77. The van der Waals surface area contributed by atoms with Crippen LogP contribution in [0.1, 0.15) is 19.4 Å². The minimum absolute atomic E-state index is 0.0708. The summed E-state index contributed by atoms with van der Waals surface area (Å²) in [5.74, 6) is 0.628. The second kappa shape index (κ2) is 5.32. The third kappa shape index (κ3) is 1.89. The number of fused-ring (bicyclic) bond motifs is 4. The number of nitro benzene ring substituents is 1. The Morgan fingerprint density at radius 2 is 1.82 bits per heavy atom. The van der Waals surface area contributed by atoms with Gasteiger partial charge in [0.15, 0.2) is 0 Å². The van der Waals surface area contributed by atoms with Crippen LogP contribution in [0.3, 0.4) is 0 Å². The highest BCUT2D eigenvalue weighted by molar-refractivity contribution is 6.03. The number of rotatable bonds is 1. The lowest BCUT2D eigenvalue weighted by Crippen LogP contribution is -2.61. The second-order valence-electron chi connectivity index (χ2n) is 7.80. The maximum atomic E-state index is 11.4. The lowest BCUT2D eigenvalue weighted by Gasteiger charge is -2.44. The molecule has 2 aliphatic rings. The number of anilines is 1. The highest BCUT2D eigenvalue weighted by atomic mass is 16.6. The second-order valence-corrected chi connectivity index (χ2v) is 7.80. The van der Waals surface area contributed by atoms with Crippen LogP contribution in [0.25, 0.3) is 10.8 Å². The minimum atomic E-state index is -0.766. The van der Waals surface area contributed by atoms with Crippen molar-refractivity contribution in [2.75, 3.05) is 11.9 Å². The van der Waals surface area contributed by atoms with Crippen molar-refractivity contribution in [3.8, 4) is 5.75 Å². The normalized spacial score (nSPS) is 21.5. The van der Waals surface area contributed by atoms with Crippen molar-refractivity contribution >= 4 is 34.0 Å². The molecule has 0 N–H and O–H groups in total. The Morgan fingerprint density at radius 3 is 2.57 bits per heavy atom. The maximum Gasteiger partial charge on any atom is 0.277 e. The lowest BCUT2D eigenvalue weighted by molar-refractivity contribution is -0.383. The van der Waals surface area contributed by atoms with Gasteiger partial charge in [-0.05, 0) is 37.6 Å². The van der Waals surface area contributed by atoms with Gasteiger partial charge in [-0.25, -0.2) is 0 Å². The third-order valence-corrected chi connectivity index (χ3v) is 6.14. The molecule has 6 heteroatoms. The van der Waals surface area contributed by atoms with Crippen LogP contribution in [0.15, 0.2) is 59.6 Å². The number of hydrogen-bond acceptors (Lipinski definition) is 5. The summed E-state index contributed by atoms with van der Waals surface area (Å²) >= 11 is 0. The Hall–Kier alpha value is -3.41. The van der Waals surface area contributed by atoms with Gasteiger partial charge in [0.05, 0.1) is 21.9 Å². The summed E-state index contributed by atoms with van der Waals surface area (Å²) in [6, 6.07) is 16.8. The van der Waals surface area contributed by atoms with Crippen molar-refractivity contribution < 1.29 is 9.66 Å². The molecule has 5 rings (SSSR count). The molecular formula is C22H19N3O3. The third-order valence-electron chi connectivity index (χ3n) is 6.14. The fraction of sp³-hybridized carbons (Fsp3) is 0.227. The first-order chi connectivity index (χ1) is 13.4. The molecule has 1 spiro atoms. The fourth-order valence-electron chi connectivity index (χ4n) is 4.56. The number of nitro groups is 1. The van der Waals surface area contributed by atoms with Gasteiger partial charge < -0.3 is 9.64 Å². The SMILES string of the molecule is CN1c2ccccc2C(C)(C)C12C=Nc1c(ccc3c([N+](=O)[O-])cccc13)O2. The molecule has 28 heavy (non-hydrogen) atoms. The molecule has 0 radical (unpaired) electrons. The zero-order chi connectivity index (χ0) is 19.7. The van der Waals surface area contributed by atoms with E-state index in [-0.39, 0.29) is 16.0 Å². The molecule has 0 fully saturated rings. The molecule has 3 aromatic carbocycles. The number of ether oxygens (including phenoxy) is 1. The standard InChI is InChI=1S/C22H19N3O3/c1-21(2)16-8-4-5-9-18(16)24(3)22(21)13-23-20-15-7-6-10-17(25(26)27)14(15)11-12-19(20)28-22/h4-13H,1-3H3. The van der Waals surface area contributed by atoms with E-state index in [2.05, 4.69) is 30.9 Å². The van der Waals surface area contributed by atoms with Gasteiger partial charge >= 0.3 is 0 Å². The Bertz CT molecular complexity index is 1180. The van der Waals surface area contributed by atoms with Crippen molar-refractivity contribution in [1.29, 1.82) is 0 Å². The highest BCUT2D eigenvalue weighted by Gasteiger charge is 2.58. The molecule has 2 heterocycles. The van der Waals surface area contributed by atoms with Gasteiger partial charge in [-0.15, -0.1) is 0 Å². The summed E-state index contributed by atoms with van der Waals surface area (Å²) < 4.78 is 6.61. The number of hydrogen-bond donors (Lipinski definition) is 0. The van der Waals surface area contributed by atoms with Crippen LogP contribution >= 0.6 is 0 Å². The van der Waals surface area contributed by atoms with E-state index in [1.54, 1.807) is 18.2 Å². The van der Waals surface area contributed by atoms with Crippen LogP contribution in [0.2, 0.25) is 0 Å². The van der Waals surface area contributed by atoms with Crippen LogP contribution in [0, 0.1) is 10.1 Å². The fourth-order valence-corrected chi connectivity index (χ4v) is 4.56. The summed E-state index contributed by atoms with van der Waals surface area (Å²) in [5, 5.41) is 12.6. The van der Waals surface area contributed by atoms with E-state index >= 15 is 0 Å². The summed E-state index contributed by atoms with van der Waals surface area (Å²) in [6.45, 7) is 4.30. The molecule has 0 saturated heterocycles. The smallest absolute Gasteiger partial charge is 0.277 e. The Morgan fingerprint density at radius 1 is 1.04 bits per heavy atom. The van der Waals surface area contributed by atoms with Crippen LogP contribution in [0.4, 0.5) is 17.1 Å². The summed E-state index contributed by atoms with van der Waals surface area (Å²) in [5.41, 5.74) is 1.91. The van der Waals surface area contributed by atoms with Crippen LogP contribution in [-0.4, -0.2) is 23.9 Å². The van der Waals surface area contributed by atoms with E-state index < -0.39 is 5.72 Å². The predicted octanol–water partition coefficient (Wildman–Crippen LogP) is 4.97. The van der Waals surface area contributed by atoms with Crippen LogP contribution in [0.5, 0.6) is 5.75 Å². The summed E-state index contributed by atoms with van der Waals surface area (Å²) in [6.07, 6.45) is 1.84. The van der Waals surface area contributed by atoms with Gasteiger partial charge in [0, 0.05) is 24.2 Å². The van der Waals surface area contributed by atoms with Crippen LogP contribution < -0.4 is 9.64 Å². The van der Waals surface area contributed by atoms with Crippen molar-refractivity contribution in [2.24, 2.45) is 4.99 Å². The highest BCUT2D eigenvalue weighted by Crippen LogP contribution is 2.54. The molecule has 140 valence electrons. The van der Waals surface area contributed by atoms with E-state index in [0.29, 0.717) is 22.2 Å². The number of non-ortho nitro benzene ring substituents is 1. The number of nitrogens with zero attached hydrogens (tertiary/aromatic N) is 3. The van der Waals surface area contributed by atoms with Crippen LogP contribution in [-0.2, 0) is 5.41 Å². The number of aliphatic imine (C=N–C) groups is 1. The number of para-hydroxylation sites is 1. The Kier molecular flexibility index (Phi) is 3.18. The molecule has 1 atom stereocenters. The molecule has 0 amide bonds. The molecule has 0 saturated carbocycles. The van der Waals surface area contributed by atoms with Gasteiger partial charge in [-0.3, -0.25) is 15.1 Å². The van der Waals surface area contributed by atoms with Crippen molar-refractivity contribution in [2.45, 2.75) is 25.0 Å². The minimum Gasteiger partial charge on any atom is -0.459 e.